The molecular formula is C15H24O. The third kappa shape index (κ3) is 2.09. The first-order valence-corrected chi connectivity index (χ1v) is 6.60. The lowest BCUT2D eigenvalue weighted by Crippen LogP contribution is -2.19. The molecule has 0 spiro atoms. The Kier molecular flexibility index (Phi) is 2.98. The summed E-state index contributed by atoms with van der Waals surface area (Å²) in [4.78, 5) is 12.0. The van der Waals surface area contributed by atoms with Gasteiger partial charge < -0.3 is 0 Å². The van der Waals surface area contributed by atoms with Gasteiger partial charge in [-0.05, 0) is 36.5 Å². The molecule has 2 aliphatic carbocycles. The molecule has 2 rings (SSSR count). The first-order chi connectivity index (χ1) is 7.39. The van der Waals surface area contributed by atoms with Crippen LogP contribution in [0.25, 0.3) is 0 Å². The summed E-state index contributed by atoms with van der Waals surface area (Å²) in [7, 11) is 0. The van der Waals surface area contributed by atoms with E-state index in [1.165, 1.54) is 24.8 Å². The number of carbonyl (C=O) groups excluding carboxylic acids is 1. The van der Waals surface area contributed by atoms with E-state index in [0.29, 0.717) is 23.5 Å². The maximum Gasteiger partial charge on any atom is 0.136 e. The molecule has 2 aliphatic rings. The van der Waals surface area contributed by atoms with Crippen LogP contribution in [0.5, 0.6) is 0 Å². The van der Waals surface area contributed by atoms with Crippen molar-refractivity contribution in [2.24, 2.45) is 23.2 Å². The molecule has 2 fully saturated rings. The molecule has 0 aromatic heterocycles. The quantitative estimate of drug-likeness (QED) is 0.643. The van der Waals surface area contributed by atoms with Crippen molar-refractivity contribution in [3.05, 3.63) is 12.2 Å². The summed E-state index contributed by atoms with van der Waals surface area (Å²) in [5, 5.41) is 0. The molecular weight excluding hydrogens is 196 g/mol. The molecule has 2 saturated carbocycles. The van der Waals surface area contributed by atoms with Gasteiger partial charge >= 0.3 is 0 Å². The highest BCUT2D eigenvalue weighted by Crippen LogP contribution is 2.48. The Bertz CT molecular complexity index is 308. The third-order valence-corrected chi connectivity index (χ3v) is 4.64. The van der Waals surface area contributed by atoms with Gasteiger partial charge in [0.2, 0.25) is 0 Å². The largest absolute Gasteiger partial charge is 0.299 e. The third-order valence-electron chi connectivity index (χ3n) is 4.64. The number of allylic oxidation sites excluding steroid dienone is 1. The highest BCUT2D eigenvalue weighted by Gasteiger charge is 2.44. The zero-order valence-corrected chi connectivity index (χ0v) is 10.9. The number of hydrogen-bond acceptors (Lipinski definition) is 1. The highest BCUT2D eigenvalue weighted by molar-refractivity contribution is 5.84. The zero-order chi connectivity index (χ0) is 11.9. The lowest BCUT2D eigenvalue weighted by Gasteiger charge is -2.26. The van der Waals surface area contributed by atoms with Crippen LogP contribution in [-0.4, -0.2) is 5.78 Å². The number of Topliss-reactive ketones (excluding diaryl/α,β-unsaturated/α-hetero) is 1. The zero-order valence-electron chi connectivity index (χ0n) is 10.9. The fourth-order valence-electron chi connectivity index (χ4n) is 3.33. The molecule has 0 amide bonds. The summed E-state index contributed by atoms with van der Waals surface area (Å²) < 4.78 is 0. The molecule has 3 atom stereocenters. The predicted molar refractivity (Wildman–Crippen MR) is 67.2 cm³/mol. The molecule has 0 aromatic carbocycles. The summed E-state index contributed by atoms with van der Waals surface area (Å²) in [5.74, 6) is 2.22. The fourth-order valence-corrected chi connectivity index (χ4v) is 3.33. The van der Waals surface area contributed by atoms with Gasteiger partial charge in [-0.15, -0.1) is 0 Å². The Balaban J connectivity index is 2.04. The van der Waals surface area contributed by atoms with Crippen molar-refractivity contribution in [1.29, 1.82) is 0 Å². The van der Waals surface area contributed by atoms with Gasteiger partial charge in [-0.2, -0.15) is 0 Å². The Morgan fingerprint density at radius 1 is 1.38 bits per heavy atom. The molecule has 90 valence electrons. The van der Waals surface area contributed by atoms with Gasteiger partial charge in [0, 0.05) is 12.3 Å². The number of hydrogen-bond donors (Lipinski definition) is 0. The molecule has 0 aliphatic heterocycles. The van der Waals surface area contributed by atoms with Crippen LogP contribution in [0.4, 0.5) is 0 Å². The maximum absolute atomic E-state index is 12.0. The molecule has 0 heterocycles. The van der Waals surface area contributed by atoms with Crippen molar-refractivity contribution < 1.29 is 4.79 Å². The molecule has 0 bridgehead atoms. The average molecular weight is 220 g/mol. The minimum atomic E-state index is 0.150. The second-order valence-corrected chi connectivity index (χ2v) is 6.69. The van der Waals surface area contributed by atoms with Crippen molar-refractivity contribution in [3.63, 3.8) is 0 Å². The summed E-state index contributed by atoms with van der Waals surface area (Å²) in [6, 6.07) is 0. The van der Waals surface area contributed by atoms with Crippen LogP contribution in [0.3, 0.4) is 0 Å². The topological polar surface area (TPSA) is 17.1 Å². The number of ketones is 1. The fraction of sp³-hybridized carbons (Fsp3) is 0.800. The molecule has 0 radical (unpaired) electrons. The highest BCUT2D eigenvalue weighted by atomic mass is 16.1. The molecule has 1 nitrogen and oxygen atoms in total. The number of rotatable bonds is 2. The number of carbonyl (C=O) groups is 1. The second-order valence-electron chi connectivity index (χ2n) is 6.69. The predicted octanol–water partition coefficient (Wildman–Crippen LogP) is 3.98. The minimum Gasteiger partial charge on any atom is -0.299 e. The first kappa shape index (κ1) is 11.9. The standard InChI is InChI=1S/C15H24O/c1-10(15(2,3)4)8-13-12-7-5-6-11(12)9-14(13)16/h11-13H,1,5-9H2,2-4H3/t11-,12-,13+/m1/s1. The van der Waals surface area contributed by atoms with E-state index in [1.807, 2.05) is 0 Å². The molecule has 0 aromatic rings. The Hall–Kier alpha value is -0.590. The summed E-state index contributed by atoms with van der Waals surface area (Å²) in [6.07, 6.45) is 5.69. The number of fused-ring (bicyclic) bond motifs is 1. The van der Waals surface area contributed by atoms with Gasteiger partial charge in [-0.1, -0.05) is 39.3 Å². The SMILES string of the molecule is C=C(C[C@@H]1C(=O)C[C@H]2CCC[C@H]21)C(C)(C)C. The average Bonchev–Trinajstić information content (AvgIpc) is 2.68. The Labute approximate surface area is 99.3 Å². The molecule has 0 N–H and O–H groups in total. The van der Waals surface area contributed by atoms with E-state index in [0.717, 1.165) is 12.8 Å². The van der Waals surface area contributed by atoms with Gasteiger partial charge in [0.1, 0.15) is 5.78 Å². The van der Waals surface area contributed by atoms with E-state index in [9.17, 15) is 4.79 Å². The maximum atomic E-state index is 12.0. The van der Waals surface area contributed by atoms with Gasteiger partial charge in [-0.3, -0.25) is 4.79 Å². The van der Waals surface area contributed by atoms with E-state index >= 15 is 0 Å². The molecule has 0 unspecified atom stereocenters. The monoisotopic (exact) mass is 220 g/mol. The van der Waals surface area contributed by atoms with Crippen molar-refractivity contribution >= 4 is 5.78 Å². The first-order valence-electron chi connectivity index (χ1n) is 6.60. The van der Waals surface area contributed by atoms with Gasteiger partial charge in [0.25, 0.3) is 0 Å². The summed E-state index contributed by atoms with van der Waals surface area (Å²) >= 11 is 0. The Morgan fingerprint density at radius 3 is 2.69 bits per heavy atom. The lowest BCUT2D eigenvalue weighted by atomic mass is 9.78. The second kappa shape index (κ2) is 4.01. The van der Waals surface area contributed by atoms with E-state index in [2.05, 4.69) is 27.4 Å². The lowest BCUT2D eigenvalue weighted by molar-refractivity contribution is -0.121. The van der Waals surface area contributed by atoms with Crippen LogP contribution in [0.15, 0.2) is 12.2 Å². The van der Waals surface area contributed by atoms with Crippen LogP contribution in [0.2, 0.25) is 0 Å². The van der Waals surface area contributed by atoms with Crippen molar-refractivity contribution in [1.82, 2.24) is 0 Å². The van der Waals surface area contributed by atoms with Crippen LogP contribution in [0.1, 0.15) is 52.9 Å². The van der Waals surface area contributed by atoms with Crippen LogP contribution in [-0.2, 0) is 4.79 Å². The molecule has 0 saturated heterocycles. The van der Waals surface area contributed by atoms with Crippen LogP contribution in [0, 0.1) is 23.2 Å². The van der Waals surface area contributed by atoms with E-state index in [1.54, 1.807) is 0 Å². The van der Waals surface area contributed by atoms with E-state index in [-0.39, 0.29) is 5.41 Å². The summed E-state index contributed by atoms with van der Waals surface area (Å²) in [6.45, 7) is 10.8. The Morgan fingerprint density at radius 2 is 2.06 bits per heavy atom. The molecule has 16 heavy (non-hydrogen) atoms. The van der Waals surface area contributed by atoms with E-state index < -0.39 is 0 Å². The minimum absolute atomic E-state index is 0.150. The normalized spacial score (nSPS) is 34.2. The smallest absolute Gasteiger partial charge is 0.136 e. The van der Waals surface area contributed by atoms with Gasteiger partial charge in [-0.25, -0.2) is 0 Å². The van der Waals surface area contributed by atoms with Crippen LogP contribution < -0.4 is 0 Å². The molecule has 1 heteroatoms. The van der Waals surface area contributed by atoms with Gasteiger partial charge in [0.15, 0.2) is 0 Å². The summed E-state index contributed by atoms with van der Waals surface area (Å²) in [5.41, 5.74) is 1.40. The van der Waals surface area contributed by atoms with Crippen molar-refractivity contribution in [3.8, 4) is 0 Å². The van der Waals surface area contributed by atoms with Crippen molar-refractivity contribution in [2.45, 2.75) is 52.9 Å². The van der Waals surface area contributed by atoms with Crippen LogP contribution >= 0.6 is 0 Å². The van der Waals surface area contributed by atoms with E-state index in [4.69, 9.17) is 0 Å². The van der Waals surface area contributed by atoms with Crippen molar-refractivity contribution in [2.75, 3.05) is 0 Å². The van der Waals surface area contributed by atoms with Gasteiger partial charge in [0.05, 0.1) is 0 Å².